The van der Waals surface area contributed by atoms with Crippen molar-refractivity contribution in [2.24, 2.45) is 16.7 Å². The number of rotatable bonds is 11. The van der Waals surface area contributed by atoms with E-state index in [2.05, 4.69) is 108 Å². The van der Waals surface area contributed by atoms with Crippen LogP contribution in [-0.4, -0.2) is 15.9 Å². The van der Waals surface area contributed by atoms with Crippen molar-refractivity contribution in [2.45, 2.75) is 121 Å². The molecule has 6 aromatic rings. The normalized spacial score (nSPS) is 12.6. The summed E-state index contributed by atoms with van der Waals surface area (Å²) in [5.41, 5.74) is 7.39. The van der Waals surface area contributed by atoms with Crippen molar-refractivity contribution in [1.82, 2.24) is 4.98 Å². The quantitative estimate of drug-likeness (QED) is 0.0796. The molecule has 0 unspecified atom stereocenters. The smallest absolute Gasteiger partial charge is 0.219 e. The van der Waals surface area contributed by atoms with Gasteiger partial charge in [0.1, 0.15) is 17.1 Å². The molecule has 295 valence electrons. The van der Waals surface area contributed by atoms with Gasteiger partial charge in [-0.3, -0.25) is 9.78 Å². The number of aromatic nitrogens is 1. The van der Waals surface area contributed by atoms with Crippen LogP contribution in [0.25, 0.3) is 55.2 Å². The summed E-state index contributed by atoms with van der Waals surface area (Å²) < 4.78 is 12.1. The van der Waals surface area contributed by atoms with E-state index in [0.29, 0.717) is 11.6 Å². The Balaban J connectivity index is 0.000000320. The third-order valence-electron chi connectivity index (χ3n) is 11.7. The average Bonchev–Trinajstić information content (AvgIpc) is 3.74. The van der Waals surface area contributed by atoms with E-state index in [0.717, 1.165) is 87.6 Å². The molecular formula is C49H60IrNO4-. The molecule has 1 N–H and O–H groups in total. The van der Waals surface area contributed by atoms with E-state index >= 15 is 0 Å². The van der Waals surface area contributed by atoms with Crippen LogP contribution in [-0.2, 0) is 36.7 Å². The second kappa shape index (κ2) is 17.4. The average molecular weight is 919 g/mol. The number of hydrogen-bond acceptors (Lipinski definition) is 5. The fourth-order valence-corrected chi connectivity index (χ4v) is 7.00. The van der Waals surface area contributed by atoms with Crippen molar-refractivity contribution >= 4 is 38.6 Å². The van der Waals surface area contributed by atoms with Crippen molar-refractivity contribution in [2.75, 3.05) is 0 Å². The van der Waals surface area contributed by atoms with Crippen LogP contribution >= 0.6 is 0 Å². The van der Waals surface area contributed by atoms with Crippen molar-refractivity contribution < 1.29 is 38.8 Å². The first kappa shape index (κ1) is 43.7. The maximum Gasteiger partial charge on any atom is 0.219 e. The van der Waals surface area contributed by atoms with Gasteiger partial charge >= 0.3 is 0 Å². The Hall–Kier alpha value is -3.99. The molecule has 0 fully saturated rings. The Morgan fingerprint density at radius 1 is 0.891 bits per heavy atom. The zero-order valence-corrected chi connectivity index (χ0v) is 37.4. The number of allylic oxidation sites excluding steroid dienone is 2. The van der Waals surface area contributed by atoms with Gasteiger partial charge in [-0.15, -0.1) is 29.1 Å². The van der Waals surface area contributed by atoms with Crippen LogP contribution in [0, 0.1) is 29.7 Å². The first-order valence-electron chi connectivity index (χ1n) is 19.8. The zero-order valence-electron chi connectivity index (χ0n) is 35.0. The minimum atomic E-state index is -0.337. The number of aryl methyl sites for hydroxylation is 1. The molecule has 6 heteroatoms. The number of hydrogen-bond donors (Lipinski definition) is 1. The largest absolute Gasteiger partial charge is 0.512 e. The molecule has 0 bridgehead atoms. The number of furan rings is 2. The van der Waals surface area contributed by atoms with Gasteiger partial charge in [0, 0.05) is 59.9 Å². The zero-order chi connectivity index (χ0) is 39.6. The topological polar surface area (TPSA) is 76.5 Å². The predicted octanol–water partition coefficient (Wildman–Crippen LogP) is 14.3. The summed E-state index contributed by atoms with van der Waals surface area (Å²) in [5.74, 6) is 1.86. The monoisotopic (exact) mass is 919 g/mol. The summed E-state index contributed by atoms with van der Waals surface area (Å²) in [4.78, 5) is 17.1. The summed E-state index contributed by atoms with van der Waals surface area (Å²) in [7, 11) is 0. The number of aliphatic hydroxyl groups is 1. The molecule has 1 radical (unpaired) electrons. The van der Waals surface area contributed by atoms with E-state index in [1.807, 2.05) is 41.5 Å². The van der Waals surface area contributed by atoms with Crippen molar-refractivity contribution in [1.29, 1.82) is 0 Å². The molecule has 0 amide bonds. The van der Waals surface area contributed by atoms with Crippen LogP contribution in [0.4, 0.5) is 0 Å². The molecule has 6 rings (SSSR count). The summed E-state index contributed by atoms with van der Waals surface area (Å²) in [6.45, 7) is 25.3. The van der Waals surface area contributed by atoms with Gasteiger partial charge < -0.3 is 13.9 Å². The summed E-state index contributed by atoms with van der Waals surface area (Å²) in [6, 6.07) is 25.2. The fraction of sp³-hybridized carbons (Fsp3) is 0.429. The van der Waals surface area contributed by atoms with Gasteiger partial charge in [-0.2, -0.15) is 0 Å². The molecule has 3 aromatic carbocycles. The summed E-state index contributed by atoms with van der Waals surface area (Å²) >= 11 is 0. The molecule has 0 aliphatic carbocycles. The summed E-state index contributed by atoms with van der Waals surface area (Å²) in [5, 5.41) is 14.6. The molecule has 3 heterocycles. The number of ketones is 1. The van der Waals surface area contributed by atoms with E-state index in [-0.39, 0.29) is 47.9 Å². The standard InChI is InChI=1S/C34H32NO2.C15H28O2.Ir/c1-20(2)13-26-16-25-15-23(11-12-31(25)37-26)28-18-30(35-33-32(28)21(3)19-36-33)24-14-22-9-7-8-10-27(22)29(17-24)34(4,5)6;1-7-14(5,8-2)12(16)11-13(17)15(6,9-3)10-4;/h7-12,15-20H,13H2,1-6H3;11,16H,7-10H2,1-6H3;/q-1;;/b;12-11-;. The van der Waals surface area contributed by atoms with Gasteiger partial charge in [-0.25, -0.2) is 0 Å². The van der Waals surface area contributed by atoms with Crippen LogP contribution in [0.15, 0.2) is 87.6 Å². The molecule has 0 atom stereocenters. The first-order chi connectivity index (χ1) is 25.5. The number of carbonyl (C=O) groups excluding carboxylic acids is 1. The minimum Gasteiger partial charge on any atom is -0.512 e. The van der Waals surface area contributed by atoms with E-state index < -0.39 is 0 Å². The van der Waals surface area contributed by atoms with Crippen LogP contribution < -0.4 is 0 Å². The number of pyridine rings is 1. The third-order valence-corrected chi connectivity index (χ3v) is 11.7. The Kier molecular flexibility index (Phi) is 13.9. The second-order valence-electron chi connectivity index (χ2n) is 17.0. The number of carbonyl (C=O) groups is 1. The molecule has 0 saturated carbocycles. The Morgan fingerprint density at radius 2 is 1.55 bits per heavy atom. The van der Waals surface area contributed by atoms with Crippen LogP contribution in [0.1, 0.15) is 119 Å². The molecule has 55 heavy (non-hydrogen) atoms. The fourth-order valence-electron chi connectivity index (χ4n) is 7.00. The van der Waals surface area contributed by atoms with E-state index in [1.54, 1.807) is 6.26 Å². The number of fused-ring (bicyclic) bond motifs is 3. The molecule has 0 aliphatic rings. The van der Waals surface area contributed by atoms with Crippen LogP contribution in [0.2, 0.25) is 0 Å². The maximum absolute atomic E-state index is 12.2. The van der Waals surface area contributed by atoms with Crippen LogP contribution in [0.3, 0.4) is 0 Å². The number of nitrogens with zero attached hydrogens (tertiary/aromatic N) is 1. The number of benzene rings is 3. The SMILES string of the molecule is CCC(C)(CC)C(=O)/C=C(\O)C(C)(CC)CC.Cc1coc2nc(-c3[c-]c4ccccc4c(C(C)(C)C)c3)cc(-c3ccc4oc(CC(C)C)cc4c3)c12.[Ir]. The van der Waals surface area contributed by atoms with E-state index in [4.69, 9.17) is 13.8 Å². The third kappa shape index (κ3) is 9.35. The van der Waals surface area contributed by atoms with Crippen molar-refractivity contribution in [3.63, 3.8) is 0 Å². The van der Waals surface area contributed by atoms with Crippen molar-refractivity contribution in [3.8, 4) is 22.4 Å². The minimum absolute atomic E-state index is 0. The summed E-state index contributed by atoms with van der Waals surface area (Å²) in [6.07, 6.45) is 7.49. The number of aliphatic hydroxyl groups excluding tert-OH is 1. The van der Waals surface area contributed by atoms with Gasteiger partial charge in [0.05, 0.1) is 6.26 Å². The Morgan fingerprint density at radius 3 is 2.16 bits per heavy atom. The van der Waals surface area contributed by atoms with Gasteiger partial charge in [0.25, 0.3) is 0 Å². The first-order valence-corrected chi connectivity index (χ1v) is 19.8. The maximum atomic E-state index is 12.2. The predicted molar refractivity (Wildman–Crippen MR) is 226 cm³/mol. The van der Waals surface area contributed by atoms with E-state index in [1.165, 1.54) is 17.0 Å². The van der Waals surface area contributed by atoms with Crippen molar-refractivity contribution in [3.05, 3.63) is 102 Å². The van der Waals surface area contributed by atoms with Gasteiger partial charge in [-0.1, -0.05) is 117 Å². The van der Waals surface area contributed by atoms with E-state index in [9.17, 15) is 9.90 Å². The van der Waals surface area contributed by atoms with Gasteiger partial charge in [-0.05, 0) is 78.8 Å². The molecule has 0 aliphatic heterocycles. The van der Waals surface area contributed by atoms with Gasteiger partial charge in [0.2, 0.25) is 5.71 Å². The Labute approximate surface area is 342 Å². The Bertz CT molecular complexity index is 2290. The molecule has 0 spiro atoms. The molecule has 0 saturated heterocycles. The van der Waals surface area contributed by atoms with Crippen LogP contribution in [0.5, 0.6) is 0 Å². The molecule has 3 aromatic heterocycles. The molecular weight excluding hydrogens is 859 g/mol. The second-order valence-corrected chi connectivity index (χ2v) is 17.0. The molecule has 5 nitrogen and oxygen atoms in total. The van der Waals surface area contributed by atoms with Gasteiger partial charge in [0.15, 0.2) is 5.78 Å².